The molecule has 1 saturated heterocycles. The van der Waals surface area contributed by atoms with Gasteiger partial charge in [0.05, 0.1) is 37.4 Å². The molecule has 2 aromatic carbocycles. The average molecular weight is 923 g/mol. The molecule has 5 aromatic rings. The minimum absolute atomic E-state index is 0.113. The van der Waals surface area contributed by atoms with Crippen molar-refractivity contribution in [1.82, 2.24) is 40.6 Å². The first-order valence-corrected chi connectivity index (χ1v) is 21.9. The number of rotatable bonds is 22. The summed E-state index contributed by atoms with van der Waals surface area (Å²) in [6.07, 6.45) is 4.50. The van der Waals surface area contributed by atoms with E-state index >= 15 is 0 Å². The van der Waals surface area contributed by atoms with Crippen LogP contribution >= 0.6 is 0 Å². The number of halogens is 2. The summed E-state index contributed by atoms with van der Waals surface area (Å²) in [5.41, 5.74) is 2.46. The smallest absolute Gasteiger partial charge is 0.315 e. The number of amides is 6. The second kappa shape index (κ2) is 21.3. The Balaban J connectivity index is 0.695. The van der Waals surface area contributed by atoms with Crippen molar-refractivity contribution >= 4 is 46.9 Å². The Bertz CT molecular complexity index is 2630. The van der Waals surface area contributed by atoms with Crippen LogP contribution in [0.15, 0.2) is 77.7 Å². The lowest BCUT2D eigenvalue weighted by atomic mass is 10.0. The van der Waals surface area contributed by atoms with Gasteiger partial charge in [0.25, 0.3) is 18.2 Å². The van der Waals surface area contributed by atoms with E-state index in [1.54, 1.807) is 54.7 Å². The summed E-state index contributed by atoms with van der Waals surface area (Å²) in [4.78, 5) is 85.0. The molecular weight excluding hydrogens is 875 g/mol. The number of carbonyl (C=O) groups is 6. The number of alkyl halides is 2. The Morgan fingerprint density at radius 3 is 2.52 bits per heavy atom. The van der Waals surface area contributed by atoms with Crippen LogP contribution in [0.4, 0.5) is 25.1 Å². The SMILES string of the molecule is O=C1CCC(N2Cc3cc(CNC(=O)NCCOCCOCCCC(=O)c4ccc(-n5cc(NC(=O)c6coc(-c7ccnc(NCC8CC8)c7)n6)c(C(F)F)n5)cc4)ccc3C2=O)C(=O)N1. The van der Waals surface area contributed by atoms with E-state index < -0.39 is 36.0 Å². The predicted molar refractivity (Wildman–Crippen MR) is 235 cm³/mol. The zero-order valence-electron chi connectivity index (χ0n) is 36.2. The number of oxazole rings is 1. The maximum Gasteiger partial charge on any atom is 0.315 e. The van der Waals surface area contributed by atoms with E-state index in [4.69, 9.17) is 13.9 Å². The summed E-state index contributed by atoms with van der Waals surface area (Å²) in [5, 5.41) is 17.5. The van der Waals surface area contributed by atoms with Crippen molar-refractivity contribution in [2.75, 3.05) is 50.2 Å². The van der Waals surface area contributed by atoms with E-state index in [1.807, 2.05) is 6.07 Å². The van der Waals surface area contributed by atoms with Crippen molar-refractivity contribution in [3.63, 3.8) is 0 Å². The first kappa shape index (κ1) is 46.2. The summed E-state index contributed by atoms with van der Waals surface area (Å²) in [6.45, 7) is 2.66. The zero-order valence-corrected chi connectivity index (χ0v) is 36.2. The molecule has 5 N–H and O–H groups in total. The average Bonchev–Trinajstić information content (AvgIpc) is 3.68. The van der Waals surface area contributed by atoms with E-state index in [1.165, 1.54) is 28.6 Å². The van der Waals surface area contributed by atoms with Gasteiger partial charge in [-0.2, -0.15) is 5.10 Å². The fourth-order valence-electron chi connectivity index (χ4n) is 7.53. The molecule has 2 fully saturated rings. The number of ether oxygens (including phenoxy) is 2. The quantitative estimate of drug-likeness (QED) is 0.0342. The second-order valence-electron chi connectivity index (χ2n) is 16.2. The van der Waals surface area contributed by atoms with Crippen LogP contribution in [0.2, 0.25) is 0 Å². The molecule has 6 amide bonds. The number of piperidine rings is 1. The van der Waals surface area contributed by atoms with E-state index in [2.05, 4.69) is 41.7 Å². The van der Waals surface area contributed by atoms with E-state index in [0.29, 0.717) is 47.1 Å². The minimum Gasteiger partial charge on any atom is -0.444 e. The first-order chi connectivity index (χ1) is 32.5. The molecule has 0 radical (unpaired) electrons. The Hall–Kier alpha value is -7.39. The van der Waals surface area contributed by atoms with Gasteiger partial charge >= 0.3 is 6.03 Å². The van der Waals surface area contributed by atoms with Crippen molar-refractivity contribution in [1.29, 1.82) is 0 Å². The van der Waals surface area contributed by atoms with Gasteiger partial charge in [-0.05, 0) is 85.2 Å². The predicted octanol–water partition coefficient (Wildman–Crippen LogP) is 5.19. The molecule has 1 saturated carbocycles. The number of nitrogens with zero attached hydrogens (tertiary/aromatic N) is 5. The number of anilines is 2. The molecule has 21 heteroatoms. The highest BCUT2D eigenvalue weighted by atomic mass is 19.3. The fourth-order valence-corrected chi connectivity index (χ4v) is 7.53. The highest BCUT2D eigenvalue weighted by Gasteiger charge is 2.39. The van der Waals surface area contributed by atoms with Gasteiger partial charge in [0.1, 0.15) is 18.1 Å². The van der Waals surface area contributed by atoms with Crippen LogP contribution in [0.1, 0.15) is 93.0 Å². The maximum atomic E-state index is 14.0. The van der Waals surface area contributed by atoms with Gasteiger partial charge in [-0.25, -0.2) is 28.2 Å². The van der Waals surface area contributed by atoms with Gasteiger partial charge in [0.15, 0.2) is 17.2 Å². The second-order valence-corrected chi connectivity index (χ2v) is 16.2. The van der Waals surface area contributed by atoms with Gasteiger partial charge < -0.3 is 40.1 Å². The number of urea groups is 1. The van der Waals surface area contributed by atoms with E-state index in [0.717, 1.165) is 23.9 Å². The van der Waals surface area contributed by atoms with Crippen molar-refractivity contribution in [3.8, 4) is 17.1 Å². The molecule has 0 spiro atoms. The number of fused-ring (bicyclic) bond motifs is 1. The number of hydrogen-bond acceptors (Lipinski definition) is 13. The normalized spacial score (nSPS) is 15.7. The topological polar surface area (TPSA) is 241 Å². The number of carbonyl (C=O) groups excluding carboxylic acids is 6. The molecule has 5 heterocycles. The monoisotopic (exact) mass is 922 g/mol. The van der Waals surface area contributed by atoms with Gasteiger partial charge in [-0.15, -0.1) is 0 Å². The van der Waals surface area contributed by atoms with Gasteiger partial charge in [0.2, 0.25) is 17.7 Å². The molecule has 2 aliphatic heterocycles. The first-order valence-electron chi connectivity index (χ1n) is 21.9. The van der Waals surface area contributed by atoms with Crippen molar-refractivity contribution in [2.24, 2.45) is 5.92 Å². The summed E-state index contributed by atoms with van der Waals surface area (Å²) in [7, 11) is 0. The van der Waals surface area contributed by atoms with Crippen LogP contribution < -0.4 is 26.6 Å². The number of imide groups is 1. The Labute approximate surface area is 382 Å². The number of benzene rings is 2. The third kappa shape index (κ3) is 11.9. The Kier molecular flexibility index (Phi) is 14.7. The summed E-state index contributed by atoms with van der Waals surface area (Å²) >= 11 is 0. The van der Waals surface area contributed by atoms with Crippen LogP contribution in [0, 0.1) is 5.92 Å². The molecule has 1 atom stereocenters. The third-order valence-electron chi connectivity index (χ3n) is 11.3. The molecule has 1 unspecified atom stereocenters. The molecule has 0 bridgehead atoms. The minimum atomic E-state index is -3.00. The fraction of sp³-hybridized carbons (Fsp3) is 0.370. The van der Waals surface area contributed by atoms with Crippen molar-refractivity contribution in [3.05, 3.63) is 107 Å². The van der Waals surface area contributed by atoms with Gasteiger partial charge in [-0.3, -0.25) is 29.3 Å². The van der Waals surface area contributed by atoms with E-state index in [9.17, 15) is 37.5 Å². The number of pyridine rings is 1. The van der Waals surface area contributed by atoms with Crippen LogP contribution in [-0.4, -0.2) is 106 Å². The number of hydrogen-bond donors (Lipinski definition) is 5. The highest BCUT2D eigenvalue weighted by molar-refractivity contribution is 6.05. The van der Waals surface area contributed by atoms with Crippen LogP contribution in [0.5, 0.6) is 0 Å². The van der Waals surface area contributed by atoms with Crippen molar-refractivity contribution < 1.29 is 51.4 Å². The Morgan fingerprint density at radius 1 is 0.940 bits per heavy atom. The summed E-state index contributed by atoms with van der Waals surface area (Å²) < 4.78 is 45.9. The maximum absolute atomic E-state index is 14.0. The molecule has 3 aliphatic rings. The van der Waals surface area contributed by atoms with Crippen LogP contribution in [-0.2, 0) is 32.2 Å². The number of Topliss-reactive ketones (excluding diaryl/α,β-unsaturated/α-hetero) is 1. The molecular formula is C46H48F2N10O9. The van der Waals surface area contributed by atoms with Crippen LogP contribution in [0.25, 0.3) is 17.1 Å². The lowest BCUT2D eigenvalue weighted by Crippen LogP contribution is -2.52. The number of ketones is 1. The zero-order chi connectivity index (χ0) is 46.9. The molecule has 8 rings (SSSR count). The Morgan fingerprint density at radius 2 is 1.75 bits per heavy atom. The number of aromatic nitrogens is 4. The largest absolute Gasteiger partial charge is 0.444 e. The lowest BCUT2D eigenvalue weighted by molar-refractivity contribution is -0.136. The standard InChI is InChI=1S/C46H48F2N10O9/c47-41(48)40-34(53-42(61)35-26-67-44(54-35)30-13-14-49-38(21-30)51-22-27-3-4-27)25-58(56-40)32-8-6-29(7-9-32)37(59)2-1-16-65-18-19-66-17-15-50-46(64)52-23-28-5-10-33-31(20-28)24-57(45(33)63)36-11-12-39(60)55-43(36)62/h5-10,13-14,20-21,25-27,36,41H,1-4,11-12,15-19,22-24H2,(H,49,51)(H,53,61)(H2,50,52,64)(H,55,60,62). The van der Waals surface area contributed by atoms with Crippen molar-refractivity contribution in [2.45, 2.75) is 64.1 Å². The third-order valence-corrected chi connectivity index (χ3v) is 11.3. The van der Waals surface area contributed by atoms with Gasteiger partial charge in [0, 0.05) is 68.5 Å². The highest BCUT2D eigenvalue weighted by Crippen LogP contribution is 2.31. The molecule has 350 valence electrons. The summed E-state index contributed by atoms with van der Waals surface area (Å²) in [5.74, 6) is -0.516. The lowest BCUT2D eigenvalue weighted by Gasteiger charge is -2.29. The van der Waals surface area contributed by atoms with E-state index in [-0.39, 0.29) is 93.6 Å². The molecule has 1 aliphatic carbocycles. The summed E-state index contributed by atoms with van der Waals surface area (Å²) in [6, 6.07) is 13.9. The molecule has 3 aromatic heterocycles. The van der Waals surface area contributed by atoms with Gasteiger partial charge in [-0.1, -0.05) is 12.1 Å². The molecule has 67 heavy (non-hydrogen) atoms. The van der Waals surface area contributed by atoms with Crippen LogP contribution in [0.3, 0.4) is 0 Å². The molecule has 19 nitrogen and oxygen atoms in total. The number of nitrogens with one attached hydrogen (secondary N) is 5.